The van der Waals surface area contributed by atoms with Crippen LogP contribution in [0.3, 0.4) is 0 Å². The molecule has 112 valence electrons. The molecule has 0 aliphatic heterocycles. The second kappa shape index (κ2) is 6.53. The van der Waals surface area contributed by atoms with E-state index in [4.69, 9.17) is 5.73 Å². The minimum atomic E-state index is -0.478. The molecule has 1 saturated carbocycles. The molecule has 1 fully saturated rings. The standard InChI is InChI=1S/C16H24F2N2/c1-11(19)8-12-9-14(17)16(15(18)10-12)20(2)13-6-4-3-5-7-13/h9-11,13H,3-8,19H2,1-2H3. The summed E-state index contributed by atoms with van der Waals surface area (Å²) in [4.78, 5) is 1.78. The van der Waals surface area contributed by atoms with Gasteiger partial charge in [0.15, 0.2) is 0 Å². The van der Waals surface area contributed by atoms with Gasteiger partial charge in [-0.15, -0.1) is 0 Å². The summed E-state index contributed by atoms with van der Waals surface area (Å²) in [5, 5.41) is 0. The van der Waals surface area contributed by atoms with Crippen LogP contribution in [0.4, 0.5) is 14.5 Å². The predicted octanol–water partition coefficient (Wildman–Crippen LogP) is 3.62. The third-order valence-corrected chi connectivity index (χ3v) is 4.11. The lowest BCUT2D eigenvalue weighted by Crippen LogP contribution is -2.34. The van der Waals surface area contributed by atoms with Crippen molar-refractivity contribution >= 4 is 5.69 Å². The molecule has 0 radical (unpaired) electrons. The Kier molecular flexibility index (Phi) is 4.97. The maximum absolute atomic E-state index is 14.2. The highest BCUT2D eigenvalue weighted by molar-refractivity contribution is 5.51. The molecule has 20 heavy (non-hydrogen) atoms. The van der Waals surface area contributed by atoms with E-state index in [1.54, 1.807) is 11.9 Å². The topological polar surface area (TPSA) is 29.3 Å². The molecule has 0 spiro atoms. The van der Waals surface area contributed by atoms with Crippen molar-refractivity contribution in [3.05, 3.63) is 29.3 Å². The largest absolute Gasteiger partial charge is 0.367 e. The lowest BCUT2D eigenvalue weighted by atomic mass is 9.94. The van der Waals surface area contributed by atoms with Crippen LogP contribution in [0.5, 0.6) is 0 Å². The number of nitrogens with two attached hydrogens (primary N) is 1. The van der Waals surface area contributed by atoms with E-state index in [9.17, 15) is 8.78 Å². The molecule has 1 aromatic carbocycles. The fourth-order valence-corrected chi connectivity index (χ4v) is 3.10. The molecule has 4 heteroatoms. The minimum absolute atomic E-state index is 0.101. The van der Waals surface area contributed by atoms with E-state index in [1.807, 2.05) is 6.92 Å². The number of hydrogen-bond donors (Lipinski definition) is 1. The van der Waals surface area contributed by atoms with Crippen LogP contribution < -0.4 is 10.6 Å². The molecular formula is C16H24F2N2. The van der Waals surface area contributed by atoms with Crippen LogP contribution in [-0.2, 0) is 6.42 Å². The SMILES string of the molecule is CC(N)Cc1cc(F)c(N(C)C2CCCCC2)c(F)c1. The summed E-state index contributed by atoms with van der Waals surface area (Å²) < 4.78 is 28.5. The first-order chi connectivity index (χ1) is 9.49. The van der Waals surface area contributed by atoms with Crippen molar-refractivity contribution in [3.63, 3.8) is 0 Å². The number of benzene rings is 1. The highest BCUT2D eigenvalue weighted by Crippen LogP contribution is 2.30. The molecule has 2 nitrogen and oxygen atoms in total. The van der Waals surface area contributed by atoms with Gasteiger partial charge in [0.05, 0.1) is 0 Å². The van der Waals surface area contributed by atoms with Crippen LogP contribution in [-0.4, -0.2) is 19.1 Å². The number of halogens is 2. The summed E-state index contributed by atoms with van der Waals surface area (Å²) in [6.45, 7) is 1.83. The zero-order chi connectivity index (χ0) is 14.7. The van der Waals surface area contributed by atoms with Crippen molar-refractivity contribution in [1.29, 1.82) is 0 Å². The van der Waals surface area contributed by atoms with Gasteiger partial charge in [0, 0.05) is 19.1 Å². The van der Waals surface area contributed by atoms with Crippen molar-refractivity contribution in [1.82, 2.24) is 0 Å². The second-order valence-electron chi connectivity index (χ2n) is 5.99. The fraction of sp³-hybridized carbons (Fsp3) is 0.625. The van der Waals surface area contributed by atoms with Crippen LogP contribution in [0.1, 0.15) is 44.6 Å². The van der Waals surface area contributed by atoms with Crippen molar-refractivity contribution in [2.75, 3.05) is 11.9 Å². The molecule has 1 unspecified atom stereocenters. The molecule has 1 aromatic rings. The number of rotatable bonds is 4. The van der Waals surface area contributed by atoms with Crippen LogP contribution in [0.15, 0.2) is 12.1 Å². The van der Waals surface area contributed by atoms with Gasteiger partial charge < -0.3 is 10.6 Å². The second-order valence-corrected chi connectivity index (χ2v) is 5.99. The lowest BCUT2D eigenvalue weighted by molar-refractivity contribution is 0.420. The maximum Gasteiger partial charge on any atom is 0.149 e. The number of anilines is 1. The zero-order valence-electron chi connectivity index (χ0n) is 12.3. The number of hydrogen-bond acceptors (Lipinski definition) is 2. The van der Waals surface area contributed by atoms with E-state index in [1.165, 1.54) is 18.6 Å². The summed E-state index contributed by atoms with van der Waals surface area (Å²) in [6, 6.07) is 2.98. The molecule has 2 rings (SSSR count). The van der Waals surface area contributed by atoms with Gasteiger partial charge in [0.25, 0.3) is 0 Å². The third-order valence-electron chi connectivity index (χ3n) is 4.11. The Morgan fingerprint density at radius 1 is 1.20 bits per heavy atom. The van der Waals surface area contributed by atoms with Crippen LogP contribution in [0.2, 0.25) is 0 Å². The van der Waals surface area contributed by atoms with Crippen molar-refractivity contribution in [2.24, 2.45) is 5.73 Å². The molecule has 0 aromatic heterocycles. The predicted molar refractivity (Wildman–Crippen MR) is 79.0 cm³/mol. The summed E-state index contributed by atoms with van der Waals surface area (Å²) in [7, 11) is 1.79. The Morgan fingerprint density at radius 2 is 1.75 bits per heavy atom. The fourth-order valence-electron chi connectivity index (χ4n) is 3.10. The van der Waals surface area contributed by atoms with Crippen molar-refractivity contribution in [3.8, 4) is 0 Å². The van der Waals surface area contributed by atoms with Gasteiger partial charge >= 0.3 is 0 Å². The Labute approximate surface area is 120 Å². The monoisotopic (exact) mass is 282 g/mol. The Morgan fingerprint density at radius 3 is 2.25 bits per heavy atom. The van der Waals surface area contributed by atoms with E-state index in [0.29, 0.717) is 12.0 Å². The summed E-state index contributed by atoms with van der Waals surface area (Å²) in [5.41, 5.74) is 6.41. The minimum Gasteiger partial charge on any atom is -0.367 e. The number of nitrogens with zero attached hydrogens (tertiary/aromatic N) is 1. The van der Waals surface area contributed by atoms with Crippen molar-refractivity contribution in [2.45, 2.75) is 57.5 Å². The molecule has 1 aliphatic carbocycles. The highest BCUT2D eigenvalue weighted by Gasteiger charge is 2.23. The van der Waals surface area contributed by atoms with Gasteiger partial charge in [0.1, 0.15) is 17.3 Å². The van der Waals surface area contributed by atoms with Gasteiger partial charge in [-0.2, -0.15) is 0 Å². The first kappa shape index (κ1) is 15.2. The van der Waals surface area contributed by atoms with Crippen LogP contribution in [0.25, 0.3) is 0 Å². The van der Waals surface area contributed by atoms with E-state index in [-0.39, 0.29) is 17.8 Å². The summed E-state index contributed by atoms with van der Waals surface area (Å²) in [5.74, 6) is -0.956. The summed E-state index contributed by atoms with van der Waals surface area (Å²) >= 11 is 0. The van der Waals surface area contributed by atoms with Crippen LogP contribution in [0, 0.1) is 11.6 Å². The molecule has 0 bridgehead atoms. The molecule has 1 atom stereocenters. The van der Waals surface area contributed by atoms with E-state index >= 15 is 0 Å². The molecule has 0 amide bonds. The van der Waals surface area contributed by atoms with Gasteiger partial charge in [-0.3, -0.25) is 0 Å². The molecule has 1 aliphatic rings. The molecule has 0 saturated heterocycles. The van der Waals surface area contributed by atoms with Crippen molar-refractivity contribution < 1.29 is 8.78 Å². The smallest absolute Gasteiger partial charge is 0.149 e. The quantitative estimate of drug-likeness (QED) is 0.914. The third kappa shape index (κ3) is 3.48. The Hall–Kier alpha value is -1.16. The van der Waals surface area contributed by atoms with Gasteiger partial charge in [0.2, 0.25) is 0 Å². The summed E-state index contributed by atoms with van der Waals surface area (Å²) in [6.07, 6.45) is 6.01. The molecular weight excluding hydrogens is 258 g/mol. The Bertz CT molecular complexity index is 431. The molecule has 0 heterocycles. The van der Waals surface area contributed by atoms with E-state index in [0.717, 1.165) is 25.7 Å². The zero-order valence-corrected chi connectivity index (χ0v) is 12.3. The normalized spacial score (nSPS) is 18.1. The first-order valence-electron chi connectivity index (χ1n) is 7.45. The van der Waals surface area contributed by atoms with E-state index in [2.05, 4.69) is 0 Å². The average Bonchev–Trinajstić information content (AvgIpc) is 2.38. The van der Waals surface area contributed by atoms with Crippen LogP contribution >= 0.6 is 0 Å². The molecule has 2 N–H and O–H groups in total. The van der Waals surface area contributed by atoms with Gasteiger partial charge in [-0.05, 0) is 43.9 Å². The first-order valence-corrected chi connectivity index (χ1v) is 7.45. The van der Waals surface area contributed by atoms with Gasteiger partial charge in [-0.1, -0.05) is 19.3 Å². The van der Waals surface area contributed by atoms with E-state index < -0.39 is 11.6 Å². The Balaban J connectivity index is 2.22. The highest BCUT2D eigenvalue weighted by atomic mass is 19.1. The maximum atomic E-state index is 14.2. The average molecular weight is 282 g/mol. The lowest BCUT2D eigenvalue weighted by Gasteiger charge is -2.33. The van der Waals surface area contributed by atoms with Gasteiger partial charge in [-0.25, -0.2) is 8.78 Å².